The molecule has 0 aromatic carbocycles. The molecule has 2 atom stereocenters. The number of rotatable bonds is 5. The van der Waals surface area contributed by atoms with E-state index >= 15 is 0 Å². The summed E-state index contributed by atoms with van der Waals surface area (Å²) >= 11 is 1.29. The van der Waals surface area contributed by atoms with Crippen molar-refractivity contribution in [2.45, 2.75) is 13.3 Å². The normalized spacial score (nSPS) is 22.1. The van der Waals surface area contributed by atoms with Gasteiger partial charge in [0.1, 0.15) is 0 Å². The molecule has 1 saturated carbocycles. The third-order valence-electron chi connectivity index (χ3n) is 3.04. The predicted molar refractivity (Wildman–Crippen MR) is 70.6 cm³/mol. The summed E-state index contributed by atoms with van der Waals surface area (Å²) < 4.78 is 0. The molecule has 0 bridgehead atoms. The van der Waals surface area contributed by atoms with Crippen LogP contribution in [0.4, 0.5) is 0 Å². The summed E-state index contributed by atoms with van der Waals surface area (Å²) in [5.41, 5.74) is 0. The van der Waals surface area contributed by atoms with E-state index in [1.807, 2.05) is 0 Å². The second-order valence-corrected chi connectivity index (χ2v) is 5.67. The van der Waals surface area contributed by atoms with Gasteiger partial charge in [-0.1, -0.05) is 6.92 Å². The molecule has 1 aromatic rings. The number of hydrogen-bond donors (Lipinski definition) is 2. The summed E-state index contributed by atoms with van der Waals surface area (Å²) in [6.07, 6.45) is 3.75. The van der Waals surface area contributed by atoms with Crippen LogP contribution in [0.15, 0.2) is 18.2 Å². The van der Waals surface area contributed by atoms with Crippen molar-refractivity contribution in [3.8, 4) is 0 Å². The number of aliphatic carboxylic acids is 1. The third-order valence-corrected chi connectivity index (χ3v) is 4.09. The Labute approximate surface area is 109 Å². The van der Waals surface area contributed by atoms with Gasteiger partial charge in [0.25, 0.3) is 5.91 Å². The van der Waals surface area contributed by atoms with Crippen LogP contribution in [-0.4, -0.2) is 23.5 Å². The van der Waals surface area contributed by atoms with Crippen LogP contribution in [0.5, 0.6) is 0 Å². The van der Waals surface area contributed by atoms with Crippen LogP contribution in [0, 0.1) is 11.8 Å². The van der Waals surface area contributed by atoms with Gasteiger partial charge in [-0.15, -0.1) is 11.3 Å². The van der Waals surface area contributed by atoms with Crippen LogP contribution in [0.3, 0.4) is 0 Å². The smallest absolute Gasteiger partial charge is 0.328 e. The highest BCUT2D eigenvalue weighted by Crippen LogP contribution is 2.36. The van der Waals surface area contributed by atoms with E-state index in [9.17, 15) is 9.59 Å². The number of carbonyl (C=O) groups excluding carboxylic acids is 1. The van der Waals surface area contributed by atoms with Gasteiger partial charge in [0.2, 0.25) is 0 Å². The molecule has 0 radical (unpaired) electrons. The fourth-order valence-electron chi connectivity index (χ4n) is 1.71. The maximum absolute atomic E-state index is 11.8. The third kappa shape index (κ3) is 3.43. The fourth-order valence-corrected chi connectivity index (χ4v) is 2.54. The number of hydrogen-bond acceptors (Lipinski definition) is 3. The standard InChI is InChI=1S/C13H15NO3S/c1-8-6-9(8)7-14-13(17)11-4-2-10(18-11)3-5-12(15)16/h2-5,8-9H,6-7H2,1H3,(H,14,17)(H,15,16)/b5-3+. The van der Waals surface area contributed by atoms with Gasteiger partial charge < -0.3 is 10.4 Å². The van der Waals surface area contributed by atoms with Crippen molar-refractivity contribution in [2.24, 2.45) is 11.8 Å². The van der Waals surface area contributed by atoms with E-state index < -0.39 is 5.97 Å². The highest BCUT2D eigenvalue weighted by Gasteiger charge is 2.32. The van der Waals surface area contributed by atoms with E-state index in [-0.39, 0.29) is 5.91 Å². The molecule has 1 aromatic heterocycles. The zero-order valence-electron chi connectivity index (χ0n) is 10.1. The Kier molecular flexibility index (Phi) is 3.81. The van der Waals surface area contributed by atoms with Gasteiger partial charge in [-0.3, -0.25) is 4.79 Å². The summed E-state index contributed by atoms with van der Waals surface area (Å²) in [5, 5.41) is 11.4. The Bertz CT molecular complexity index is 492. The summed E-state index contributed by atoms with van der Waals surface area (Å²) in [6.45, 7) is 2.91. The SMILES string of the molecule is CC1CC1CNC(=O)c1ccc(/C=C/C(=O)O)s1. The Morgan fingerprint density at radius 1 is 1.56 bits per heavy atom. The molecule has 5 heteroatoms. The van der Waals surface area contributed by atoms with E-state index in [4.69, 9.17) is 5.11 Å². The Hall–Kier alpha value is -1.62. The molecule has 2 N–H and O–H groups in total. The molecule has 96 valence electrons. The number of carboxylic acids is 1. The van der Waals surface area contributed by atoms with Crippen molar-refractivity contribution in [3.63, 3.8) is 0 Å². The number of amides is 1. The second-order valence-electron chi connectivity index (χ2n) is 4.56. The lowest BCUT2D eigenvalue weighted by Gasteiger charge is -2.01. The first-order valence-electron chi connectivity index (χ1n) is 5.85. The first-order valence-corrected chi connectivity index (χ1v) is 6.67. The zero-order valence-corrected chi connectivity index (χ0v) is 10.9. The predicted octanol–water partition coefficient (Wildman–Crippen LogP) is 2.23. The van der Waals surface area contributed by atoms with Gasteiger partial charge in [0.15, 0.2) is 0 Å². The Morgan fingerprint density at radius 2 is 2.28 bits per heavy atom. The van der Waals surface area contributed by atoms with Crippen molar-refractivity contribution >= 4 is 29.3 Å². The molecule has 1 aliphatic carbocycles. The highest BCUT2D eigenvalue weighted by molar-refractivity contribution is 7.14. The van der Waals surface area contributed by atoms with Crippen molar-refractivity contribution in [1.82, 2.24) is 5.32 Å². The molecule has 0 spiro atoms. The van der Waals surface area contributed by atoms with Gasteiger partial charge in [0.05, 0.1) is 4.88 Å². The van der Waals surface area contributed by atoms with Crippen LogP contribution in [-0.2, 0) is 4.79 Å². The summed E-state index contributed by atoms with van der Waals surface area (Å²) in [6, 6.07) is 3.47. The molecule has 4 nitrogen and oxygen atoms in total. The lowest BCUT2D eigenvalue weighted by molar-refractivity contribution is -0.131. The van der Waals surface area contributed by atoms with Gasteiger partial charge in [-0.2, -0.15) is 0 Å². The first-order chi connectivity index (χ1) is 8.56. The van der Waals surface area contributed by atoms with Crippen molar-refractivity contribution < 1.29 is 14.7 Å². The minimum absolute atomic E-state index is 0.0749. The molecule has 0 aliphatic heterocycles. The molecular weight excluding hydrogens is 250 g/mol. The summed E-state index contributed by atoms with van der Waals surface area (Å²) in [7, 11) is 0. The van der Waals surface area contributed by atoms with Crippen LogP contribution in [0.1, 0.15) is 27.9 Å². The number of carboxylic acid groups (broad SMARTS) is 1. The largest absolute Gasteiger partial charge is 0.478 e. The molecule has 2 rings (SSSR count). The van der Waals surface area contributed by atoms with E-state index in [1.165, 1.54) is 23.8 Å². The maximum Gasteiger partial charge on any atom is 0.328 e. The average Bonchev–Trinajstić information content (AvgIpc) is 2.84. The van der Waals surface area contributed by atoms with E-state index in [0.29, 0.717) is 10.8 Å². The topological polar surface area (TPSA) is 66.4 Å². The molecule has 0 saturated heterocycles. The molecule has 1 heterocycles. The number of carbonyl (C=O) groups is 2. The van der Waals surface area contributed by atoms with Crippen LogP contribution < -0.4 is 5.32 Å². The molecule has 1 aliphatic rings. The second kappa shape index (κ2) is 5.35. The monoisotopic (exact) mass is 265 g/mol. The fraction of sp³-hybridized carbons (Fsp3) is 0.385. The molecule has 18 heavy (non-hydrogen) atoms. The Morgan fingerprint density at radius 3 is 2.89 bits per heavy atom. The maximum atomic E-state index is 11.8. The molecule has 2 unspecified atom stereocenters. The van der Waals surface area contributed by atoms with Crippen molar-refractivity contribution in [2.75, 3.05) is 6.54 Å². The lowest BCUT2D eigenvalue weighted by atomic mass is 10.3. The van der Waals surface area contributed by atoms with Crippen LogP contribution in [0.25, 0.3) is 6.08 Å². The summed E-state index contributed by atoms with van der Waals surface area (Å²) in [4.78, 5) is 23.5. The number of nitrogens with one attached hydrogen (secondary N) is 1. The molecular formula is C13H15NO3S. The van der Waals surface area contributed by atoms with E-state index in [0.717, 1.165) is 23.4 Å². The van der Waals surface area contributed by atoms with Gasteiger partial charge in [0, 0.05) is 17.5 Å². The van der Waals surface area contributed by atoms with E-state index in [2.05, 4.69) is 12.2 Å². The number of thiophene rings is 1. The first kappa shape index (κ1) is 12.8. The van der Waals surface area contributed by atoms with Crippen LogP contribution >= 0.6 is 11.3 Å². The molecule has 1 amide bonds. The molecule has 1 fully saturated rings. The minimum Gasteiger partial charge on any atom is -0.478 e. The lowest BCUT2D eigenvalue weighted by Crippen LogP contribution is -2.24. The quantitative estimate of drug-likeness (QED) is 0.802. The van der Waals surface area contributed by atoms with Gasteiger partial charge in [-0.05, 0) is 36.5 Å². The van der Waals surface area contributed by atoms with Crippen LogP contribution in [0.2, 0.25) is 0 Å². The van der Waals surface area contributed by atoms with Gasteiger partial charge >= 0.3 is 5.97 Å². The van der Waals surface area contributed by atoms with Crippen molar-refractivity contribution in [3.05, 3.63) is 28.0 Å². The van der Waals surface area contributed by atoms with Gasteiger partial charge in [-0.25, -0.2) is 4.79 Å². The van der Waals surface area contributed by atoms with E-state index in [1.54, 1.807) is 12.1 Å². The summed E-state index contributed by atoms with van der Waals surface area (Å²) in [5.74, 6) is 0.286. The van der Waals surface area contributed by atoms with Crippen molar-refractivity contribution in [1.29, 1.82) is 0 Å². The average molecular weight is 265 g/mol. The highest BCUT2D eigenvalue weighted by atomic mass is 32.1. The zero-order chi connectivity index (χ0) is 13.1. The Balaban J connectivity index is 1.88. The minimum atomic E-state index is -0.989.